The Labute approximate surface area is 197 Å². The van der Waals surface area contributed by atoms with E-state index in [2.05, 4.69) is 17.6 Å². The maximum absolute atomic E-state index is 12.5. The molecule has 0 aliphatic carbocycles. The van der Waals surface area contributed by atoms with Gasteiger partial charge < -0.3 is 20.1 Å². The molecule has 3 rings (SSSR count). The molecule has 5 nitrogen and oxygen atoms in total. The van der Waals surface area contributed by atoms with Crippen molar-refractivity contribution in [1.82, 2.24) is 0 Å². The van der Waals surface area contributed by atoms with Crippen molar-refractivity contribution >= 4 is 17.3 Å². The zero-order valence-electron chi connectivity index (χ0n) is 19.4. The molecule has 0 heterocycles. The molecule has 5 heteroatoms. The minimum atomic E-state index is -0.135. The van der Waals surface area contributed by atoms with Crippen LogP contribution in [0.1, 0.15) is 44.6 Å². The summed E-state index contributed by atoms with van der Waals surface area (Å²) in [5, 5.41) is 6.10. The summed E-state index contributed by atoms with van der Waals surface area (Å²) in [6.45, 7) is 3.51. The molecular formula is C28H34N2O3. The number of hydrogen-bond donors (Lipinski definition) is 2. The lowest BCUT2D eigenvalue weighted by Gasteiger charge is -2.14. The summed E-state index contributed by atoms with van der Waals surface area (Å²) in [6.07, 6.45) is 6.01. The van der Waals surface area contributed by atoms with Crippen LogP contribution in [0.15, 0.2) is 78.9 Å². The van der Waals surface area contributed by atoms with E-state index in [1.54, 1.807) is 0 Å². The van der Waals surface area contributed by atoms with E-state index >= 15 is 0 Å². The number of hydrogen-bond acceptors (Lipinski definition) is 4. The van der Waals surface area contributed by atoms with Crippen LogP contribution in [-0.2, 0) is 11.4 Å². The monoisotopic (exact) mass is 446 g/mol. The molecule has 1 amide bonds. The Morgan fingerprint density at radius 1 is 0.818 bits per heavy atom. The molecule has 3 aromatic rings. The number of unbranched alkanes of at least 4 members (excludes halogenated alkanes) is 4. The van der Waals surface area contributed by atoms with Gasteiger partial charge in [0.15, 0.2) is 0 Å². The highest BCUT2D eigenvalue weighted by atomic mass is 16.5. The number of benzene rings is 3. The first-order valence-electron chi connectivity index (χ1n) is 11.8. The highest BCUT2D eigenvalue weighted by Gasteiger charge is 2.07. The highest BCUT2D eigenvalue weighted by Crippen LogP contribution is 2.25. The quantitative estimate of drug-likeness (QED) is 0.272. The predicted octanol–water partition coefficient (Wildman–Crippen LogP) is 6.67. The first-order valence-corrected chi connectivity index (χ1v) is 11.8. The number of carbonyl (C=O) groups is 1. The van der Waals surface area contributed by atoms with Crippen LogP contribution in [0.4, 0.5) is 11.4 Å². The van der Waals surface area contributed by atoms with Gasteiger partial charge in [-0.05, 0) is 36.2 Å². The minimum absolute atomic E-state index is 0.133. The van der Waals surface area contributed by atoms with Gasteiger partial charge in [-0.25, -0.2) is 0 Å². The van der Waals surface area contributed by atoms with Crippen molar-refractivity contribution < 1.29 is 14.3 Å². The average Bonchev–Trinajstić information content (AvgIpc) is 2.85. The molecule has 0 aromatic heterocycles. The number of nitrogens with one attached hydrogen (secondary N) is 2. The van der Waals surface area contributed by atoms with Crippen LogP contribution in [0.3, 0.4) is 0 Å². The standard InChI is InChI=1S/C28H34N2O3/c1-2-3-4-5-11-19-32-25-16-12-15-24(20-25)30-28(31)21-29-26-17-9-10-18-27(26)33-22-23-13-7-6-8-14-23/h6-10,12-18,20,29H,2-5,11,19,21-22H2,1H3,(H,30,31). The summed E-state index contributed by atoms with van der Waals surface area (Å²) in [6, 6.07) is 25.2. The predicted molar refractivity (Wildman–Crippen MR) is 135 cm³/mol. The molecule has 0 spiro atoms. The number of para-hydroxylation sites is 2. The average molecular weight is 447 g/mol. The number of amides is 1. The molecule has 2 N–H and O–H groups in total. The molecule has 3 aromatic carbocycles. The molecule has 0 saturated heterocycles. The molecule has 0 aliphatic heterocycles. The highest BCUT2D eigenvalue weighted by molar-refractivity contribution is 5.94. The molecule has 0 unspecified atom stereocenters. The van der Waals surface area contributed by atoms with Crippen LogP contribution >= 0.6 is 0 Å². The number of anilines is 2. The lowest BCUT2D eigenvalue weighted by Crippen LogP contribution is -2.22. The van der Waals surface area contributed by atoms with Gasteiger partial charge in [0.2, 0.25) is 5.91 Å². The topological polar surface area (TPSA) is 59.6 Å². The van der Waals surface area contributed by atoms with Gasteiger partial charge in [0.1, 0.15) is 18.1 Å². The van der Waals surface area contributed by atoms with Gasteiger partial charge in [-0.15, -0.1) is 0 Å². The summed E-state index contributed by atoms with van der Waals surface area (Å²) in [7, 11) is 0. The van der Waals surface area contributed by atoms with Gasteiger partial charge in [0, 0.05) is 11.8 Å². The van der Waals surface area contributed by atoms with Crippen LogP contribution in [0.2, 0.25) is 0 Å². The van der Waals surface area contributed by atoms with Crippen LogP contribution in [0.25, 0.3) is 0 Å². The Morgan fingerprint density at radius 2 is 1.61 bits per heavy atom. The summed E-state index contributed by atoms with van der Waals surface area (Å²) in [5.41, 5.74) is 2.59. The van der Waals surface area contributed by atoms with Crippen molar-refractivity contribution in [1.29, 1.82) is 0 Å². The number of rotatable bonds is 14. The smallest absolute Gasteiger partial charge is 0.243 e. The summed E-state index contributed by atoms with van der Waals surface area (Å²) >= 11 is 0. The molecule has 174 valence electrons. The van der Waals surface area contributed by atoms with Gasteiger partial charge in [0.25, 0.3) is 0 Å². The molecule has 0 radical (unpaired) electrons. The lowest BCUT2D eigenvalue weighted by atomic mass is 10.2. The summed E-state index contributed by atoms with van der Waals surface area (Å²) in [5.74, 6) is 1.35. The van der Waals surface area contributed by atoms with Crippen molar-refractivity contribution in [3.8, 4) is 11.5 Å². The van der Waals surface area contributed by atoms with E-state index in [9.17, 15) is 4.79 Å². The van der Waals surface area contributed by atoms with E-state index in [0.29, 0.717) is 19.0 Å². The first-order chi connectivity index (χ1) is 16.2. The van der Waals surface area contributed by atoms with Gasteiger partial charge in [-0.2, -0.15) is 0 Å². The van der Waals surface area contributed by atoms with Crippen molar-refractivity contribution in [3.05, 3.63) is 84.4 Å². The summed E-state index contributed by atoms with van der Waals surface area (Å²) < 4.78 is 11.8. The molecule has 0 bridgehead atoms. The molecule has 0 saturated carbocycles. The maximum Gasteiger partial charge on any atom is 0.243 e. The third kappa shape index (κ3) is 8.89. The third-order valence-corrected chi connectivity index (χ3v) is 5.20. The van der Waals surface area contributed by atoms with E-state index < -0.39 is 0 Å². The maximum atomic E-state index is 12.5. The van der Waals surface area contributed by atoms with Crippen molar-refractivity contribution in [2.75, 3.05) is 23.8 Å². The first kappa shape index (κ1) is 24.2. The second-order valence-electron chi connectivity index (χ2n) is 7.96. The van der Waals surface area contributed by atoms with E-state index in [4.69, 9.17) is 9.47 Å². The second kappa shape index (κ2) is 13.8. The van der Waals surface area contributed by atoms with Crippen LogP contribution < -0.4 is 20.1 Å². The Bertz CT molecular complexity index is 976. The Morgan fingerprint density at radius 3 is 2.45 bits per heavy atom. The second-order valence-corrected chi connectivity index (χ2v) is 7.96. The molecule has 0 atom stereocenters. The largest absolute Gasteiger partial charge is 0.494 e. The van der Waals surface area contributed by atoms with Gasteiger partial charge >= 0.3 is 0 Å². The van der Waals surface area contributed by atoms with Crippen LogP contribution in [-0.4, -0.2) is 19.1 Å². The Balaban J connectivity index is 1.45. The third-order valence-electron chi connectivity index (χ3n) is 5.20. The SMILES string of the molecule is CCCCCCCOc1cccc(NC(=O)CNc2ccccc2OCc2ccccc2)c1. The normalized spacial score (nSPS) is 10.5. The lowest BCUT2D eigenvalue weighted by molar-refractivity contribution is -0.114. The van der Waals surface area contributed by atoms with Crippen LogP contribution in [0, 0.1) is 0 Å². The molecular weight excluding hydrogens is 412 g/mol. The zero-order chi connectivity index (χ0) is 23.1. The zero-order valence-corrected chi connectivity index (χ0v) is 19.4. The van der Waals surface area contributed by atoms with Crippen molar-refractivity contribution in [2.45, 2.75) is 45.6 Å². The summed E-state index contributed by atoms with van der Waals surface area (Å²) in [4.78, 5) is 12.5. The Hall–Kier alpha value is -3.47. The van der Waals surface area contributed by atoms with Gasteiger partial charge in [-0.3, -0.25) is 4.79 Å². The van der Waals surface area contributed by atoms with E-state index in [1.165, 1.54) is 25.7 Å². The van der Waals surface area contributed by atoms with Crippen LogP contribution in [0.5, 0.6) is 11.5 Å². The van der Waals surface area contributed by atoms with E-state index in [0.717, 1.165) is 29.1 Å². The number of ether oxygens (including phenoxy) is 2. The van der Waals surface area contributed by atoms with Crippen molar-refractivity contribution in [2.24, 2.45) is 0 Å². The molecule has 33 heavy (non-hydrogen) atoms. The molecule has 0 aliphatic rings. The fraction of sp³-hybridized carbons (Fsp3) is 0.321. The van der Waals surface area contributed by atoms with Crippen molar-refractivity contribution in [3.63, 3.8) is 0 Å². The Kier molecular flexibility index (Phi) is 10.1. The number of carbonyl (C=O) groups excluding carboxylic acids is 1. The molecule has 0 fully saturated rings. The van der Waals surface area contributed by atoms with E-state index in [-0.39, 0.29) is 12.5 Å². The fourth-order valence-corrected chi connectivity index (χ4v) is 3.41. The van der Waals surface area contributed by atoms with Gasteiger partial charge in [-0.1, -0.05) is 81.1 Å². The van der Waals surface area contributed by atoms with E-state index in [1.807, 2.05) is 78.9 Å². The fourth-order valence-electron chi connectivity index (χ4n) is 3.41. The van der Waals surface area contributed by atoms with Gasteiger partial charge in [0.05, 0.1) is 18.8 Å². The minimum Gasteiger partial charge on any atom is -0.494 e.